The number of sulfonamides is 1. The van der Waals surface area contributed by atoms with Gasteiger partial charge in [-0.3, -0.25) is 4.79 Å². The van der Waals surface area contributed by atoms with Crippen LogP contribution in [0.4, 0.5) is 0 Å². The van der Waals surface area contributed by atoms with Crippen molar-refractivity contribution in [1.29, 1.82) is 0 Å². The van der Waals surface area contributed by atoms with Crippen molar-refractivity contribution in [3.8, 4) is 0 Å². The summed E-state index contributed by atoms with van der Waals surface area (Å²) in [5.41, 5.74) is 1.72. The first-order valence-corrected chi connectivity index (χ1v) is 11.7. The standard InChI is InChI=1S/C21H25N3O3S2/c1-13(2)20(21(25)22-14(3)16-8-6-5-7-9-16)24-29(26,27)17-10-11-18-19(12-17)28-15(4)23-18/h5-14,20,24H,1-4H3,(H,22,25)/t14-,20+/m1/s1. The molecule has 29 heavy (non-hydrogen) atoms. The monoisotopic (exact) mass is 431 g/mol. The first-order valence-electron chi connectivity index (χ1n) is 9.42. The summed E-state index contributed by atoms with van der Waals surface area (Å²) in [5.74, 6) is -0.572. The van der Waals surface area contributed by atoms with Gasteiger partial charge in [0.1, 0.15) is 6.04 Å². The quantitative estimate of drug-likeness (QED) is 0.596. The zero-order valence-corrected chi connectivity index (χ0v) is 18.5. The third kappa shape index (κ3) is 5.01. The molecule has 6 nitrogen and oxygen atoms in total. The predicted molar refractivity (Wildman–Crippen MR) is 116 cm³/mol. The lowest BCUT2D eigenvalue weighted by molar-refractivity contribution is -0.124. The summed E-state index contributed by atoms with van der Waals surface area (Å²) in [6.45, 7) is 7.38. The Hall–Kier alpha value is -2.29. The van der Waals surface area contributed by atoms with E-state index < -0.39 is 16.1 Å². The number of fused-ring (bicyclic) bond motifs is 1. The molecule has 0 aliphatic carbocycles. The minimum atomic E-state index is -3.86. The lowest BCUT2D eigenvalue weighted by Crippen LogP contribution is -2.50. The van der Waals surface area contributed by atoms with Gasteiger partial charge in [0.05, 0.1) is 26.2 Å². The summed E-state index contributed by atoms with van der Waals surface area (Å²) in [6.07, 6.45) is 0. The van der Waals surface area contributed by atoms with E-state index >= 15 is 0 Å². The van der Waals surface area contributed by atoms with Gasteiger partial charge in [0.15, 0.2) is 0 Å². The largest absolute Gasteiger partial charge is 0.348 e. The van der Waals surface area contributed by atoms with Gasteiger partial charge in [-0.25, -0.2) is 13.4 Å². The highest BCUT2D eigenvalue weighted by atomic mass is 32.2. The van der Waals surface area contributed by atoms with E-state index in [1.165, 1.54) is 17.4 Å². The molecule has 8 heteroatoms. The second-order valence-corrected chi connectivity index (χ2v) is 10.3. The molecular weight excluding hydrogens is 406 g/mol. The minimum absolute atomic E-state index is 0.128. The molecule has 0 spiro atoms. The summed E-state index contributed by atoms with van der Waals surface area (Å²) in [4.78, 5) is 17.3. The third-order valence-corrected chi connectivity index (χ3v) is 7.04. The van der Waals surface area contributed by atoms with Gasteiger partial charge in [-0.15, -0.1) is 11.3 Å². The maximum Gasteiger partial charge on any atom is 0.241 e. The maximum absolute atomic E-state index is 13.0. The summed E-state index contributed by atoms with van der Waals surface area (Å²) >= 11 is 1.44. The highest BCUT2D eigenvalue weighted by molar-refractivity contribution is 7.89. The fourth-order valence-corrected chi connectivity index (χ4v) is 5.35. The van der Waals surface area contributed by atoms with Crippen LogP contribution in [0.25, 0.3) is 10.2 Å². The summed E-state index contributed by atoms with van der Waals surface area (Å²) in [7, 11) is -3.86. The molecular formula is C21H25N3O3S2. The van der Waals surface area contributed by atoms with E-state index in [0.29, 0.717) is 0 Å². The molecule has 3 rings (SSSR count). The first kappa shape index (κ1) is 21.4. The topological polar surface area (TPSA) is 88.2 Å². The highest BCUT2D eigenvalue weighted by Gasteiger charge is 2.29. The Morgan fingerprint density at radius 3 is 2.41 bits per heavy atom. The van der Waals surface area contributed by atoms with Crippen molar-refractivity contribution in [2.45, 2.75) is 44.7 Å². The van der Waals surface area contributed by atoms with Crippen molar-refractivity contribution in [1.82, 2.24) is 15.0 Å². The Balaban J connectivity index is 1.80. The Kier molecular flexibility index (Phi) is 6.36. The van der Waals surface area contributed by atoms with Crippen LogP contribution in [0.3, 0.4) is 0 Å². The van der Waals surface area contributed by atoms with Crippen LogP contribution in [0, 0.1) is 12.8 Å². The number of nitrogens with zero attached hydrogens (tertiary/aromatic N) is 1. The molecule has 0 radical (unpaired) electrons. The smallest absolute Gasteiger partial charge is 0.241 e. The van der Waals surface area contributed by atoms with Gasteiger partial charge < -0.3 is 5.32 Å². The SMILES string of the molecule is Cc1nc2ccc(S(=O)(=O)N[C@H](C(=O)N[C@H](C)c3ccccc3)C(C)C)cc2s1. The number of hydrogen-bond acceptors (Lipinski definition) is 5. The predicted octanol–water partition coefficient (Wildman–Crippen LogP) is 3.79. The average Bonchev–Trinajstić information content (AvgIpc) is 3.05. The molecule has 0 bridgehead atoms. The first-order chi connectivity index (χ1) is 13.7. The van der Waals surface area contributed by atoms with Crippen molar-refractivity contribution in [2.75, 3.05) is 0 Å². The van der Waals surface area contributed by atoms with Crippen LogP contribution in [-0.2, 0) is 14.8 Å². The number of hydrogen-bond donors (Lipinski definition) is 2. The van der Waals surface area contributed by atoms with Gasteiger partial charge >= 0.3 is 0 Å². The Morgan fingerprint density at radius 1 is 1.07 bits per heavy atom. The second kappa shape index (κ2) is 8.61. The van der Waals surface area contributed by atoms with Crippen LogP contribution in [0.2, 0.25) is 0 Å². The fourth-order valence-electron chi connectivity index (χ4n) is 3.04. The van der Waals surface area contributed by atoms with E-state index in [2.05, 4.69) is 15.0 Å². The lowest BCUT2D eigenvalue weighted by atomic mass is 10.0. The van der Waals surface area contributed by atoms with E-state index in [0.717, 1.165) is 20.8 Å². The van der Waals surface area contributed by atoms with Crippen molar-refractivity contribution < 1.29 is 13.2 Å². The maximum atomic E-state index is 13.0. The number of thiazole rings is 1. The van der Waals surface area contributed by atoms with Crippen LogP contribution >= 0.6 is 11.3 Å². The molecule has 1 amide bonds. The van der Waals surface area contributed by atoms with Crippen LogP contribution in [0.5, 0.6) is 0 Å². The molecule has 0 fully saturated rings. The minimum Gasteiger partial charge on any atom is -0.348 e. The highest BCUT2D eigenvalue weighted by Crippen LogP contribution is 2.25. The molecule has 1 aromatic heterocycles. The number of aryl methyl sites for hydroxylation is 1. The van der Waals surface area contributed by atoms with E-state index in [4.69, 9.17) is 0 Å². The molecule has 0 aliphatic heterocycles. The number of carbonyl (C=O) groups excluding carboxylic acids is 1. The van der Waals surface area contributed by atoms with Gasteiger partial charge in [-0.2, -0.15) is 4.72 Å². The number of rotatable bonds is 7. The van der Waals surface area contributed by atoms with Crippen LogP contribution < -0.4 is 10.0 Å². The number of aromatic nitrogens is 1. The summed E-state index contributed by atoms with van der Waals surface area (Å²) in [6, 6.07) is 13.2. The molecule has 3 aromatic rings. The molecule has 0 saturated carbocycles. The zero-order valence-electron chi connectivity index (χ0n) is 16.8. The van der Waals surface area contributed by atoms with E-state index in [1.54, 1.807) is 12.1 Å². The van der Waals surface area contributed by atoms with Gasteiger partial charge in [0.2, 0.25) is 15.9 Å². The molecule has 2 N–H and O–H groups in total. The molecule has 154 valence electrons. The molecule has 1 heterocycles. The zero-order chi connectivity index (χ0) is 21.2. The Bertz CT molecular complexity index is 1110. The van der Waals surface area contributed by atoms with Crippen LogP contribution in [0.1, 0.15) is 37.4 Å². The summed E-state index contributed by atoms with van der Waals surface area (Å²) in [5, 5.41) is 3.78. The number of amides is 1. The lowest BCUT2D eigenvalue weighted by Gasteiger charge is -2.24. The van der Waals surface area contributed by atoms with E-state index in [-0.39, 0.29) is 22.8 Å². The van der Waals surface area contributed by atoms with Crippen LogP contribution in [0.15, 0.2) is 53.4 Å². The molecule has 0 saturated heterocycles. The van der Waals surface area contributed by atoms with Gasteiger partial charge in [0.25, 0.3) is 0 Å². The number of benzene rings is 2. The fraction of sp³-hybridized carbons (Fsp3) is 0.333. The van der Waals surface area contributed by atoms with Crippen molar-refractivity contribution in [3.05, 3.63) is 59.1 Å². The third-order valence-electron chi connectivity index (χ3n) is 4.67. The van der Waals surface area contributed by atoms with Crippen molar-refractivity contribution in [3.63, 3.8) is 0 Å². The number of carbonyl (C=O) groups is 1. The van der Waals surface area contributed by atoms with E-state index in [1.807, 2.05) is 58.0 Å². The van der Waals surface area contributed by atoms with E-state index in [9.17, 15) is 13.2 Å². The van der Waals surface area contributed by atoms with Crippen molar-refractivity contribution in [2.24, 2.45) is 5.92 Å². The molecule has 2 aromatic carbocycles. The van der Waals surface area contributed by atoms with Crippen molar-refractivity contribution >= 4 is 37.5 Å². The number of nitrogens with one attached hydrogen (secondary N) is 2. The normalized spacial score (nSPS) is 14.1. The van der Waals surface area contributed by atoms with Gasteiger partial charge in [0, 0.05) is 0 Å². The van der Waals surface area contributed by atoms with Crippen LogP contribution in [-0.4, -0.2) is 25.4 Å². The van der Waals surface area contributed by atoms with Gasteiger partial charge in [-0.05, 0) is 43.5 Å². The molecule has 0 aliphatic rings. The Labute approximate surface area is 175 Å². The Morgan fingerprint density at radius 2 is 1.76 bits per heavy atom. The summed E-state index contributed by atoms with van der Waals surface area (Å²) < 4.78 is 29.3. The van der Waals surface area contributed by atoms with Gasteiger partial charge in [-0.1, -0.05) is 44.2 Å². The average molecular weight is 432 g/mol. The molecule has 0 unspecified atom stereocenters. The molecule has 2 atom stereocenters. The second-order valence-electron chi connectivity index (χ2n) is 7.35.